The first-order valence-corrected chi connectivity index (χ1v) is 9.75. The Bertz CT molecular complexity index is 611. The van der Waals surface area contributed by atoms with Crippen LogP contribution in [-0.4, -0.2) is 43.3 Å². The second kappa shape index (κ2) is 8.82. The molecule has 3 N–H and O–H groups in total. The predicted octanol–water partition coefficient (Wildman–Crippen LogP) is 2.35. The quantitative estimate of drug-likeness (QED) is 0.751. The molecule has 5 nitrogen and oxygen atoms in total. The minimum absolute atomic E-state index is 0.0358. The van der Waals surface area contributed by atoms with Gasteiger partial charge in [-0.05, 0) is 69.8 Å². The third-order valence-electron chi connectivity index (χ3n) is 5.57. The molecule has 0 radical (unpaired) electrons. The molecule has 1 aromatic rings. The predicted molar refractivity (Wildman–Crippen MR) is 101 cm³/mol. The number of aliphatic hydroxyl groups is 1. The number of amides is 1. The molecular weight excluding hydrogens is 333 g/mol. The van der Waals surface area contributed by atoms with Crippen LogP contribution in [-0.2, 0) is 4.79 Å². The Labute approximate surface area is 155 Å². The average Bonchev–Trinajstić information content (AvgIpc) is 2.63. The Morgan fingerprint density at radius 2 is 2.00 bits per heavy atom. The zero-order valence-electron chi connectivity index (χ0n) is 15.5. The van der Waals surface area contributed by atoms with Crippen molar-refractivity contribution in [2.75, 3.05) is 31.1 Å². The Hall–Kier alpha value is -1.66. The molecule has 1 atom stereocenters. The van der Waals surface area contributed by atoms with E-state index in [0.717, 1.165) is 50.3 Å². The molecule has 2 aliphatic heterocycles. The van der Waals surface area contributed by atoms with Crippen molar-refractivity contribution in [1.82, 2.24) is 10.6 Å². The number of anilines is 1. The first kappa shape index (κ1) is 19.1. The molecule has 1 aromatic carbocycles. The van der Waals surface area contributed by atoms with Gasteiger partial charge in [0.15, 0.2) is 0 Å². The molecule has 144 valence electrons. The van der Waals surface area contributed by atoms with Gasteiger partial charge in [-0.15, -0.1) is 0 Å². The highest BCUT2D eigenvalue weighted by Crippen LogP contribution is 2.30. The zero-order chi connectivity index (χ0) is 18.5. The van der Waals surface area contributed by atoms with Crippen LogP contribution >= 0.6 is 0 Å². The van der Waals surface area contributed by atoms with E-state index in [1.807, 2.05) is 6.92 Å². The number of benzene rings is 1. The highest BCUT2D eigenvalue weighted by Gasteiger charge is 2.23. The lowest BCUT2D eigenvalue weighted by Gasteiger charge is -2.34. The molecule has 2 fully saturated rings. The lowest BCUT2D eigenvalue weighted by atomic mass is 9.94. The van der Waals surface area contributed by atoms with Crippen molar-refractivity contribution in [2.24, 2.45) is 5.92 Å². The summed E-state index contributed by atoms with van der Waals surface area (Å²) in [4.78, 5) is 14.6. The number of carbonyl (C=O) groups is 1. The molecule has 26 heavy (non-hydrogen) atoms. The summed E-state index contributed by atoms with van der Waals surface area (Å²) in [6.07, 6.45) is 3.77. The van der Waals surface area contributed by atoms with E-state index in [0.29, 0.717) is 25.2 Å². The Balaban J connectivity index is 1.66. The van der Waals surface area contributed by atoms with Gasteiger partial charge in [-0.2, -0.15) is 0 Å². The number of hydrogen-bond donors (Lipinski definition) is 3. The van der Waals surface area contributed by atoms with Gasteiger partial charge in [0.25, 0.3) is 0 Å². The number of carbonyl (C=O) groups excluding carboxylic acids is 1. The minimum atomic E-state index is -0.291. The number of rotatable bonds is 5. The molecule has 1 amide bonds. The minimum Gasteiger partial charge on any atom is -0.393 e. The summed E-state index contributed by atoms with van der Waals surface area (Å²) in [5.74, 6) is 0.174. The van der Waals surface area contributed by atoms with Crippen molar-refractivity contribution in [3.63, 3.8) is 0 Å². The number of hydrogen-bond acceptors (Lipinski definition) is 4. The van der Waals surface area contributed by atoms with Crippen LogP contribution in [0.1, 0.15) is 50.6 Å². The summed E-state index contributed by atoms with van der Waals surface area (Å²) < 4.78 is 13.9. The van der Waals surface area contributed by atoms with Gasteiger partial charge in [0, 0.05) is 30.8 Å². The molecule has 3 rings (SSSR count). The van der Waals surface area contributed by atoms with Crippen LogP contribution in [0.25, 0.3) is 0 Å². The van der Waals surface area contributed by atoms with Crippen LogP contribution in [0.4, 0.5) is 10.1 Å². The average molecular weight is 363 g/mol. The van der Waals surface area contributed by atoms with Crippen LogP contribution in [0.2, 0.25) is 0 Å². The van der Waals surface area contributed by atoms with E-state index in [-0.39, 0.29) is 23.9 Å². The van der Waals surface area contributed by atoms with Crippen molar-refractivity contribution in [3.05, 3.63) is 29.6 Å². The van der Waals surface area contributed by atoms with Gasteiger partial charge in [0.05, 0.1) is 12.1 Å². The lowest BCUT2D eigenvalue weighted by Crippen LogP contribution is -2.37. The molecule has 0 unspecified atom stereocenters. The van der Waals surface area contributed by atoms with Crippen molar-refractivity contribution < 1.29 is 14.3 Å². The molecule has 2 aliphatic rings. The normalized spacial score (nSPS) is 20.8. The molecule has 0 aliphatic carbocycles. The van der Waals surface area contributed by atoms with E-state index in [1.165, 1.54) is 12.1 Å². The molecule has 2 heterocycles. The molecule has 6 heteroatoms. The number of nitrogens with zero attached hydrogens (tertiary/aromatic N) is 1. The summed E-state index contributed by atoms with van der Waals surface area (Å²) in [5, 5.41) is 16.1. The van der Waals surface area contributed by atoms with Gasteiger partial charge in [0.1, 0.15) is 5.82 Å². The summed E-state index contributed by atoms with van der Waals surface area (Å²) in [7, 11) is 0. The van der Waals surface area contributed by atoms with E-state index in [1.54, 1.807) is 6.07 Å². The number of halogens is 1. The Morgan fingerprint density at radius 1 is 1.31 bits per heavy atom. The van der Waals surface area contributed by atoms with Crippen molar-refractivity contribution in [3.8, 4) is 0 Å². The third kappa shape index (κ3) is 4.95. The smallest absolute Gasteiger partial charge is 0.220 e. The maximum atomic E-state index is 13.9. The molecule has 2 saturated heterocycles. The highest BCUT2D eigenvalue weighted by atomic mass is 19.1. The standard InChI is InChI=1S/C20H30FN3O2/c1-14(23-20(26)12-15-4-8-22-9-5-15)18-13-16(21)2-3-19(18)24-10-6-17(25)7-11-24/h2-3,13-15,17,22,25H,4-12H2,1H3,(H,23,26)/t14-/m0/s1. The maximum absolute atomic E-state index is 13.9. The number of nitrogens with one attached hydrogen (secondary N) is 2. The third-order valence-corrected chi connectivity index (χ3v) is 5.57. The summed E-state index contributed by atoms with van der Waals surface area (Å²) in [5.41, 5.74) is 1.76. The molecular formula is C20H30FN3O2. The van der Waals surface area contributed by atoms with Crippen LogP contribution < -0.4 is 15.5 Å². The SMILES string of the molecule is C[C@H](NC(=O)CC1CCNCC1)c1cc(F)ccc1N1CCC(O)CC1. The van der Waals surface area contributed by atoms with E-state index >= 15 is 0 Å². The van der Waals surface area contributed by atoms with E-state index in [4.69, 9.17) is 0 Å². The van der Waals surface area contributed by atoms with Crippen molar-refractivity contribution >= 4 is 11.6 Å². The van der Waals surface area contributed by atoms with Gasteiger partial charge in [0.2, 0.25) is 5.91 Å². The summed E-state index contributed by atoms with van der Waals surface area (Å²) >= 11 is 0. The van der Waals surface area contributed by atoms with Gasteiger partial charge in [-0.25, -0.2) is 4.39 Å². The molecule has 0 aromatic heterocycles. The fourth-order valence-electron chi connectivity index (χ4n) is 3.99. The Kier molecular flexibility index (Phi) is 6.48. The highest BCUT2D eigenvalue weighted by molar-refractivity contribution is 5.77. The fourth-order valence-corrected chi connectivity index (χ4v) is 3.99. The van der Waals surface area contributed by atoms with Crippen LogP contribution in [0.5, 0.6) is 0 Å². The molecule has 0 spiro atoms. The van der Waals surface area contributed by atoms with Crippen molar-refractivity contribution in [1.29, 1.82) is 0 Å². The second-order valence-electron chi connectivity index (χ2n) is 7.61. The topological polar surface area (TPSA) is 64.6 Å². The summed E-state index contributed by atoms with van der Waals surface area (Å²) in [6, 6.07) is 4.53. The van der Waals surface area contributed by atoms with Crippen LogP contribution in [0, 0.1) is 11.7 Å². The monoisotopic (exact) mass is 363 g/mol. The summed E-state index contributed by atoms with van der Waals surface area (Å²) in [6.45, 7) is 5.35. The van der Waals surface area contributed by atoms with Gasteiger partial charge < -0.3 is 20.6 Å². The second-order valence-corrected chi connectivity index (χ2v) is 7.61. The number of aliphatic hydroxyl groups excluding tert-OH is 1. The first-order chi connectivity index (χ1) is 12.5. The lowest BCUT2D eigenvalue weighted by molar-refractivity contribution is -0.122. The molecule has 0 saturated carbocycles. The van der Waals surface area contributed by atoms with Gasteiger partial charge in [-0.1, -0.05) is 0 Å². The van der Waals surface area contributed by atoms with Gasteiger partial charge in [-0.3, -0.25) is 4.79 Å². The first-order valence-electron chi connectivity index (χ1n) is 9.75. The van der Waals surface area contributed by atoms with E-state index in [2.05, 4.69) is 15.5 Å². The fraction of sp³-hybridized carbons (Fsp3) is 0.650. The van der Waals surface area contributed by atoms with Crippen LogP contribution in [0.3, 0.4) is 0 Å². The Morgan fingerprint density at radius 3 is 2.69 bits per heavy atom. The van der Waals surface area contributed by atoms with Crippen molar-refractivity contribution in [2.45, 2.75) is 51.2 Å². The van der Waals surface area contributed by atoms with E-state index < -0.39 is 0 Å². The zero-order valence-corrected chi connectivity index (χ0v) is 15.5. The molecule has 0 bridgehead atoms. The largest absolute Gasteiger partial charge is 0.393 e. The van der Waals surface area contributed by atoms with Gasteiger partial charge >= 0.3 is 0 Å². The van der Waals surface area contributed by atoms with Crippen LogP contribution in [0.15, 0.2) is 18.2 Å². The van der Waals surface area contributed by atoms with E-state index in [9.17, 15) is 14.3 Å². The number of piperidine rings is 2. The maximum Gasteiger partial charge on any atom is 0.220 e.